The van der Waals surface area contributed by atoms with E-state index in [1.165, 1.54) is 33.3 Å². The maximum Gasteiger partial charge on any atom is 0.339 e. The number of benzene rings is 1. The van der Waals surface area contributed by atoms with E-state index in [1.807, 2.05) is 0 Å². The van der Waals surface area contributed by atoms with Crippen molar-refractivity contribution in [2.75, 3.05) is 14.2 Å². The summed E-state index contributed by atoms with van der Waals surface area (Å²) in [6.07, 6.45) is -1.20. The van der Waals surface area contributed by atoms with Gasteiger partial charge in [0, 0.05) is 11.8 Å². The molecular weight excluding hydrogens is 384 g/mol. The van der Waals surface area contributed by atoms with Gasteiger partial charge in [0.05, 0.1) is 36.0 Å². The van der Waals surface area contributed by atoms with E-state index < -0.39 is 34.4 Å². The number of esters is 2. The molecule has 10 nitrogen and oxygen atoms in total. The van der Waals surface area contributed by atoms with Crippen molar-refractivity contribution >= 4 is 23.4 Å². The molecule has 0 amide bonds. The predicted molar refractivity (Wildman–Crippen MR) is 100 cm³/mol. The van der Waals surface area contributed by atoms with Crippen LogP contribution in [0, 0.1) is 24.0 Å². The maximum atomic E-state index is 12.7. The number of H-pyrrole nitrogens is 1. The first kappa shape index (κ1) is 21.6. The molecule has 0 saturated heterocycles. The summed E-state index contributed by atoms with van der Waals surface area (Å²) in [7, 11) is 2.50. The molecule has 0 aliphatic carbocycles. The van der Waals surface area contributed by atoms with Crippen molar-refractivity contribution in [3.8, 4) is 5.75 Å². The van der Waals surface area contributed by atoms with Crippen molar-refractivity contribution < 1.29 is 33.5 Å². The summed E-state index contributed by atoms with van der Waals surface area (Å²) >= 11 is 0. The first-order valence-corrected chi connectivity index (χ1v) is 8.47. The number of ketones is 1. The van der Waals surface area contributed by atoms with E-state index in [-0.39, 0.29) is 22.6 Å². The molecule has 10 heteroatoms. The van der Waals surface area contributed by atoms with Gasteiger partial charge >= 0.3 is 17.6 Å². The Morgan fingerprint density at radius 2 is 1.79 bits per heavy atom. The summed E-state index contributed by atoms with van der Waals surface area (Å²) in [6, 6.07) is 3.57. The highest BCUT2D eigenvalue weighted by Gasteiger charge is 2.28. The van der Waals surface area contributed by atoms with Gasteiger partial charge in [0.1, 0.15) is 0 Å². The third-order valence-corrected chi connectivity index (χ3v) is 4.34. The van der Waals surface area contributed by atoms with Gasteiger partial charge in [-0.05, 0) is 38.5 Å². The smallest absolute Gasteiger partial charge is 0.339 e. The average molecular weight is 404 g/mol. The zero-order chi connectivity index (χ0) is 21.9. The first-order valence-electron chi connectivity index (χ1n) is 8.47. The molecule has 0 saturated carbocycles. The largest absolute Gasteiger partial charge is 0.490 e. The lowest BCUT2D eigenvalue weighted by Gasteiger charge is -2.12. The molecule has 1 N–H and O–H groups in total. The van der Waals surface area contributed by atoms with Gasteiger partial charge in [-0.25, -0.2) is 9.59 Å². The number of nitro benzene ring substituents is 1. The van der Waals surface area contributed by atoms with Crippen LogP contribution >= 0.6 is 0 Å². The molecule has 1 heterocycles. The van der Waals surface area contributed by atoms with Crippen LogP contribution in [0.1, 0.15) is 49.4 Å². The molecule has 1 atom stereocenters. The molecular formula is C19H20N2O8. The van der Waals surface area contributed by atoms with Gasteiger partial charge in [-0.15, -0.1) is 0 Å². The molecule has 1 aromatic carbocycles. The Kier molecular flexibility index (Phi) is 6.37. The summed E-state index contributed by atoms with van der Waals surface area (Å²) < 4.78 is 14.8. The highest BCUT2D eigenvalue weighted by atomic mass is 16.6. The van der Waals surface area contributed by atoms with Gasteiger partial charge in [-0.2, -0.15) is 0 Å². The lowest BCUT2D eigenvalue weighted by molar-refractivity contribution is -0.385. The number of Topliss-reactive ketones (excluding diaryl/α,β-unsaturated/α-hetero) is 1. The van der Waals surface area contributed by atoms with Gasteiger partial charge in [0.15, 0.2) is 11.9 Å². The molecule has 0 aliphatic heterocycles. The van der Waals surface area contributed by atoms with E-state index in [1.54, 1.807) is 13.8 Å². The second-order valence-corrected chi connectivity index (χ2v) is 6.17. The van der Waals surface area contributed by atoms with Crippen LogP contribution in [-0.4, -0.2) is 48.0 Å². The van der Waals surface area contributed by atoms with Crippen LogP contribution in [0.15, 0.2) is 18.2 Å². The number of ether oxygens (including phenoxy) is 3. The number of rotatable bonds is 7. The SMILES string of the molecule is COC(=O)c1c(C)[nH]c(C(=O)[C@@H](C)OC(=O)c2ccc(OC)c([N+](=O)[O-])c2)c1C. The Morgan fingerprint density at radius 3 is 2.34 bits per heavy atom. The van der Waals surface area contributed by atoms with Crippen molar-refractivity contribution in [2.45, 2.75) is 26.9 Å². The van der Waals surface area contributed by atoms with E-state index in [0.29, 0.717) is 11.3 Å². The first-order chi connectivity index (χ1) is 13.6. The fraction of sp³-hybridized carbons (Fsp3) is 0.316. The van der Waals surface area contributed by atoms with E-state index in [0.717, 1.165) is 6.07 Å². The minimum Gasteiger partial charge on any atom is -0.490 e. The predicted octanol–water partition coefficient (Wildman–Crippen LogP) is 2.76. The zero-order valence-corrected chi connectivity index (χ0v) is 16.5. The number of nitro groups is 1. The van der Waals surface area contributed by atoms with E-state index in [2.05, 4.69) is 4.98 Å². The van der Waals surface area contributed by atoms with Crippen LogP contribution in [0.3, 0.4) is 0 Å². The van der Waals surface area contributed by atoms with Gasteiger partial charge < -0.3 is 19.2 Å². The molecule has 1 aromatic heterocycles. The molecule has 29 heavy (non-hydrogen) atoms. The number of methoxy groups -OCH3 is 2. The van der Waals surface area contributed by atoms with Crippen LogP contribution in [0.5, 0.6) is 5.75 Å². The van der Waals surface area contributed by atoms with Crippen molar-refractivity contribution in [3.05, 3.63) is 56.4 Å². The van der Waals surface area contributed by atoms with E-state index in [9.17, 15) is 24.5 Å². The Balaban J connectivity index is 2.24. The van der Waals surface area contributed by atoms with E-state index >= 15 is 0 Å². The van der Waals surface area contributed by atoms with Crippen molar-refractivity contribution in [3.63, 3.8) is 0 Å². The summed E-state index contributed by atoms with van der Waals surface area (Å²) in [5, 5.41) is 11.1. The number of aromatic amines is 1. The lowest BCUT2D eigenvalue weighted by Crippen LogP contribution is -2.25. The topological polar surface area (TPSA) is 138 Å². The van der Waals surface area contributed by atoms with Crippen LogP contribution in [0.25, 0.3) is 0 Å². The van der Waals surface area contributed by atoms with Crippen molar-refractivity contribution in [1.29, 1.82) is 0 Å². The number of aromatic nitrogens is 1. The second kappa shape index (κ2) is 8.55. The molecule has 0 radical (unpaired) electrons. The number of nitrogens with zero attached hydrogens (tertiary/aromatic N) is 1. The molecule has 0 bridgehead atoms. The quantitative estimate of drug-likeness (QED) is 0.322. The minimum absolute atomic E-state index is 0.0106. The number of carbonyl (C=O) groups is 3. The van der Waals surface area contributed by atoms with Crippen molar-refractivity contribution in [1.82, 2.24) is 4.98 Å². The molecule has 0 spiro atoms. The highest BCUT2D eigenvalue weighted by Crippen LogP contribution is 2.28. The van der Waals surface area contributed by atoms with E-state index in [4.69, 9.17) is 14.2 Å². The number of hydrogen-bond donors (Lipinski definition) is 1. The van der Waals surface area contributed by atoms with Gasteiger partial charge in [0.2, 0.25) is 5.78 Å². The van der Waals surface area contributed by atoms with Crippen LogP contribution in [0.4, 0.5) is 5.69 Å². The third-order valence-electron chi connectivity index (χ3n) is 4.34. The van der Waals surface area contributed by atoms with Gasteiger partial charge in [-0.3, -0.25) is 14.9 Å². The normalized spacial score (nSPS) is 11.5. The van der Waals surface area contributed by atoms with Gasteiger partial charge in [-0.1, -0.05) is 0 Å². The molecule has 0 fully saturated rings. The molecule has 2 rings (SSSR count). The highest BCUT2D eigenvalue weighted by molar-refractivity contribution is 6.04. The summed E-state index contributed by atoms with van der Waals surface area (Å²) in [5.41, 5.74) is 0.666. The number of aryl methyl sites for hydroxylation is 1. The fourth-order valence-electron chi connectivity index (χ4n) is 2.85. The number of nitrogens with one attached hydrogen (secondary N) is 1. The monoisotopic (exact) mass is 404 g/mol. The molecule has 0 aliphatic rings. The second-order valence-electron chi connectivity index (χ2n) is 6.17. The third kappa shape index (κ3) is 4.26. The Bertz CT molecular complexity index is 992. The molecule has 2 aromatic rings. The van der Waals surface area contributed by atoms with Crippen LogP contribution in [0.2, 0.25) is 0 Å². The summed E-state index contributed by atoms with van der Waals surface area (Å²) in [6.45, 7) is 4.55. The minimum atomic E-state index is -1.20. The zero-order valence-electron chi connectivity index (χ0n) is 16.5. The maximum absolute atomic E-state index is 12.7. The number of carbonyl (C=O) groups excluding carboxylic acids is 3. The standard InChI is InChI=1S/C19H20N2O8/c1-9-15(19(24)28-5)10(2)20-16(9)17(22)11(3)29-18(23)12-6-7-14(27-4)13(8-12)21(25)26/h6-8,11,20H,1-5H3/t11-/m1/s1. The average Bonchev–Trinajstić information content (AvgIpc) is 2.99. The summed E-state index contributed by atoms with van der Waals surface area (Å²) in [5.74, 6) is -2.07. The van der Waals surface area contributed by atoms with Crippen LogP contribution < -0.4 is 4.74 Å². The number of hydrogen-bond acceptors (Lipinski definition) is 8. The summed E-state index contributed by atoms with van der Waals surface area (Å²) in [4.78, 5) is 50.1. The fourth-order valence-corrected chi connectivity index (χ4v) is 2.85. The molecule has 0 unspecified atom stereocenters. The Labute approximate surface area is 165 Å². The van der Waals surface area contributed by atoms with Crippen molar-refractivity contribution in [2.24, 2.45) is 0 Å². The Morgan fingerprint density at radius 1 is 1.14 bits per heavy atom. The lowest BCUT2D eigenvalue weighted by atomic mass is 10.1. The van der Waals surface area contributed by atoms with Gasteiger partial charge in [0.25, 0.3) is 0 Å². The van der Waals surface area contributed by atoms with Crippen LogP contribution in [-0.2, 0) is 9.47 Å². The molecule has 154 valence electrons. The Hall–Kier alpha value is -3.69.